The van der Waals surface area contributed by atoms with E-state index in [4.69, 9.17) is 21.4 Å². The van der Waals surface area contributed by atoms with Gasteiger partial charge in [0.2, 0.25) is 0 Å². The van der Waals surface area contributed by atoms with Crippen LogP contribution in [0.2, 0.25) is 5.02 Å². The number of rotatable bonds is 7. The van der Waals surface area contributed by atoms with Crippen LogP contribution in [0.1, 0.15) is 33.6 Å². The topological polar surface area (TPSA) is 75.6 Å². The lowest BCUT2D eigenvalue weighted by Gasteiger charge is -2.27. The zero-order valence-corrected chi connectivity index (χ0v) is 13.1. The molecule has 0 bridgehead atoms. The number of hydrogen-bond donors (Lipinski definition) is 2. The maximum Gasteiger partial charge on any atom is 0.303 e. The largest absolute Gasteiger partial charge is 0.481 e. The van der Waals surface area contributed by atoms with Gasteiger partial charge in [0.1, 0.15) is 5.75 Å². The van der Waals surface area contributed by atoms with Crippen LogP contribution in [0.4, 0.5) is 0 Å². The van der Waals surface area contributed by atoms with Crippen molar-refractivity contribution in [3.05, 3.63) is 29.3 Å². The van der Waals surface area contributed by atoms with Crippen LogP contribution in [0, 0.1) is 0 Å². The quantitative estimate of drug-likeness (QED) is 0.811. The number of carbonyl (C=O) groups excluding carboxylic acids is 1. The fourth-order valence-corrected chi connectivity index (χ4v) is 1.81. The first-order valence-corrected chi connectivity index (χ1v) is 7.03. The van der Waals surface area contributed by atoms with E-state index in [0.717, 1.165) is 0 Å². The molecule has 6 heteroatoms. The van der Waals surface area contributed by atoms with Gasteiger partial charge in [-0.15, -0.1) is 0 Å². The molecule has 2 N–H and O–H groups in total. The Balaban J connectivity index is 2.53. The molecule has 0 fully saturated rings. The molecule has 0 aliphatic carbocycles. The summed E-state index contributed by atoms with van der Waals surface area (Å²) in [6.45, 7) is 5.20. The Morgan fingerprint density at radius 3 is 2.43 bits per heavy atom. The summed E-state index contributed by atoms with van der Waals surface area (Å²) >= 11 is 5.78. The van der Waals surface area contributed by atoms with E-state index in [1.165, 1.54) is 0 Å². The molecule has 116 valence electrons. The van der Waals surface area contributed by atoms with E-state index in [9.17, 15) is 9.59 Å². The Morgan fingerprint density at radius 2 is 1.90 bits per heavy atom. The summed E-state index contributed by atoms with van der Waals surface area (Å²) in [6.07, 6.45) is -0.336. The molecule has 0 radical (unpaired) electrons. The lowest BCUT2D eigenvalue weighted by atomic mass is 9.98. The average molecular weight is 314 g/mol. The van der Waals surface area contributed by atoms with Gasteiger partial charge in [-0.25, -0.2) is 0 Å². The number of carboxylic acid groups (broad SMARTS) is 1. The van der Waals surface area contributed by atoms with E-state index >= 15 is 0 Å². The number of carboxylic acids is 1. The number of ether oxygens (including phenoxy) is 1. The Kier molecular flexibility index (Phi) is 6.03. The van der Waals surface area contributed by atoms with Gasteiger partial charge in [0, 0.05) is 17.0 Å². The first kappa shape index (κ1) is 17.3. The molecule has 1 atom stereocenters. The summed E-state index contributed by atoms with van der Waals surface area (Å²) in [5, 5.41) is 12.1. The molecule has 5 nitrogen and oxygen atoms in total. The van der Waals surface area contributed by atoms with E-state index < -0.39 is 17.6 Å². The predicted octanol–water partition coefficient (Wildman–Crippen LogP) is 2.87. The molecule has 1 aromatic rings. The molecular formula is C15H20ClNO4. The highest BCUT2D eigenvalue weighted by Gasteiger charge is 2.25. The summed E-state index contributed by atoms with van der Waals surface area (Å²) in [5.74, 6) is -0.631. The third kappa shape index (κ3) is 6.49. The molecule has 0 heterocycles. The van der Waals surface area contributed by atoms with Crippen LogP contribution in [0.25, 0.3) is 0 Å². The van der Waals surface area contributed by atoms with Gasteiger partial charge in [-0.2, -0.15) is 0 Å². The van der Waals surface area contributed by atoms with Crippen molar-refractivity contribution in [3.8, 4) is 5.75 Å². The fraction of sp³-hybridized carbons (Fsp3) is 0.467. The van der Waals surface area contributed by atoms with Crippen molar-refractivity contribution in [1.82, 2.24) is 5.32 Å². The number of halogens is 1. The highest BCUT2D eigenvalue weighted by Crippen LogP contribution is 2.17. The number of nitrogens with one attached hydrogen (secondary N) is 1. The molecule has 1 amide bonds. The number of aliphatic carboxylic acids is 1. The third-order valence-corrected chi connectivity index (χ3v) is 3.17. The molecular weight excluding hydrogens is 294 g/mol. The van der Waals surface area contributed by atoms with Crippen molar-refractivity contribution in [2.75, 3.05) is 0 Å². The molecule has 1 aromatic carbocycles. The third-order valence-electron chi connectivity index (χ3n) is 2.92. The van der Waals surface area contributed by atoms with Crippen LogP contribution in [0.3, 0.4) is 0 Å². The minimum Gasteiger partial charge on any atom is -0.481 e. The maximum absolute atomic E-state index is 12.1. The predicted molar refractivity (Wildman–Crippen MR) is 80.6 cm³/mol. The molecule has 0 aromatic heterocycles. The smallest absolute Gasteiger partial charge is 0.303 e. The fourth-order valence-electron chi connectivity index (χ4n) is 1.69. The lowest BCUT2D eigenvalue weighted by molar-refractivity contribution is -0.138. The Bertz CT molecular complexity index is 499. The highest BCUT2D eigenvalue weighted by atomic mass is 35.5. The number of benzene rings is 1. The van der Waals surface area contributed by atoms with Crippen LogP contribution in [0.15, 0.2) is 24.3 Å². The van der Waals surface area contributed by atoms with Gasteiger partial charge >= 0.3 is 5.97 Å². The number of carbonyl (C=O) groups is 2. The summed E-state index contributed by atoms with van der Waals surface area (Å²) in [6, 6.07) is 6.72. The van der Waals surface area contributed by atoms with Gasteiger partial charge in [0.15, 0.2) is 6.10 Å². The van der Waals surface area contributed by atoms with Crippen LogP contribution in [0.5, 0.6) is 5.75 Å². The second kappa shape index (κ2) is 7.31. The van der Waals surface area contributed by atoms with E-state index in [1.54, 1.807) is 45.0 Å². The summed E-state index contributed by atoms with van der Waals surface area (Å²) in [7, 11) is 0. The Labute approximate surface area is 129 Å². The molecule has 0 saturated heterocycles. The van der Waals surface area contributed by atoms with Crippen LogP contribution in [-0.2, 0) is 9.59 Å². The molecule has 1 unspecified atom stereocenters. The SMILES string of the molecule is CC(Oc1ccc(Cl)cc1)C(=O)NC(C)(C)CCC(=O)O. The van der Waals surface area contributed by atoms with Gasteiger partial charge in [0.25, 0.3) is 5.91 Å². The first-order chi connectivity index (χ1) is 9.69. The van der Waals surface area contributed by atoms with Crippen LogP contribution < -0.4 is 10.1 Å². The molecule has 0 spiro atoms. The minimum absolute atomic E-state index is 0.000295. The Hall–Kier alpha value is -1.75. The average Bonchev–Trinajstić information content (AvgIpc) is 2.38. The lowest BCUT2D eigenvalue weighted by Crippen LogP contribution is -2.48. The second-order valence-electron chi connectivity index (χ2n) is 5.48. The van der Waals surface area contributed by atoms with Crippen molar-refractivity contribution in [2.24, 2.45) is 0 Å². The van der Waals surface area contributed by atoms with Gasteiger partial charge in [0.05, 0.1) is 0 Å². The summed E-state index contributed by atoms with van der Waals surface area (Å²) in [5.41, 5.74) is -0.604. The zero-order chi connectivity index (χ0) is 16.0. The summed E-state index contributed by atoms with van der Waals surface area (Å²) < 4.78 is 5.52. The van der Waals surface area contributed by atoms with E-state index in [2.05, 4.69) is 5.32 Å². The normalized spacial score (nSPS) is 12.6. The summed E-state index contributed by atoms with van der Waals surface area (Å²) in [4.78, 5) is 22.7. The van der Waals surface area contributed by atoms with Gasteiger partial charge in [-0.1, -0.05) is 11.6 Å². The van der Waals surface area contributed by atoms with E-state index in [1.807, 2.05) is 0 Å². The van der Waals surface area contributed by atoms with Crippen molar-refractivity contribution in [3.63, 3.8) is 0 Å². The molecule has 21 heavy (non-hydrogen) atoms. The van der Waals surface area contributed by atoms with E-state index in [-0.39, 0.29) is 12.3 Å². The maximum atomic E-state index is 12.1. The first-order valence-electron chi connectivity index (χ1n) is 6.66. The van der Waals surface area contributed by atoms with Crippen molar-refractivity contribution in [2.45, 2.75) is 45.3 Å². The van der Waals surface area contributed by atoms with Crippen LogP contribution >= 0.6 is 11.6 Å². The standard InChI is InChI=1S/C15H20ClNO4/c1-10(21-12-6-4-11(16)5-7-12)14(20)17-15(2,3)9-8-13(18)19/h4-7,10H,8-9H2,1-3H3,(H,17,20)(H,18,19). The van der Waals surface area contributed by atoms with Gasteiger partial charge < -0.3 is 15.2 Å². The number of hydrogen-bond acceptors (Lipinski definition) is 3. The van der Waals surface area contributed by atoms with Gasteiger partial charge in [-0.3, -0.25) is 9.59 Å². The van der Waals surface area contributed by atoms with Crippen molar-refractivity contribution in [1.29, 1.82) is 0 Å². The van der Waals surface area contributed by atoms with Crippen LogP contribution in [-0.4, -0.2) is 28.6 Å². The molecule has 1 rings (SSSR count). The molecule has 0 aliphatic rings. The van der Waals surface area contributed by atoms with E-state index in [0.29, 0.717) is 17.2 Å². The minimum atomic E-state index is -0.886. The van der Waals surface area contributed by atoms with Gasteiger partial charge in [-0.05, 0) is 51.5 Å². The highest BCUT2D eigenvalue weighted by molar-refractivity contribution is 6.30. The Morgan fingerprint density at radius 1 is 1.33 bits per heavy atom. The monoisotopic (exact) mass is 313 g/mol. The molecule has 0 aliphatic heterocycles. The number of amides is 1. The van der Waals surface area contributed by atoms with Crippen molar-refractivity contribution >= 4 is 23.5 Å². The molecule has 0 saturated carbocycles. The van der Waals surface area contributed by atoms with Crippen molar-refractivity contribution < 1.29 is 19.4 Å². The second-order valence-corrected chi connectivity index (χ2v) is 5.92. The zero-order valence-electron chi connectivity index (χ0n) is 12.4.